The summed E-state index contributed by atoms with van der Waals surface area (Å²) in [7, 11) is 0. The van der Waals surface area contributed by atoms with Gasteiger partial charge in [0.1, 0.15) is 11.6 Å². The van der Waals surface area contributed by atoms with E-state index in [-0.39, 0.29) is 17.5 Å². The number of benzene rings is 2. The minimum atomic E-state index is -0.474. The van der Waals surface area contributed by atoms with Crippen molar-refractivity contribution in [2.45, 2.75) is 23.8 Å². The normalized spacial score (nSPS) is 16.5. The molecule has 2 aromatic carbocycles. The summed E-state index contributed by atoms with van der Waals surface area (Å²) < 4.78 is 14.0. The molecule has 30 heavy (non-hydrogen) atoms. The topological polar surface area (TPSA) is 79.7 Å². The molecule has 0 spiro atoms. The molecule has 1 aliphatic rings. The van der Waals surface area contributed by atoms with Crippen LogP contribution in [0.4, 0.5) is 4.39 Å². The van der Waals surface area contributed by atoms with E-state index in [1.807, 2.05) is 18.4 Å². The van der Waals surface area contributed by atoms with Crippen molar-refractivity contribution in [3.63, 3.8) is 0 Å². The number of likely N-dealkylation sites (tertiary alicyclic amines) is 1. The Bertz CT molecular complexity index is 1220. The third-order valence-electron chi connectivity index (χ3n) is 5.36. The Morgan fingerprint density at radius 3 is 2.83 bits per heavy atom. The van der Waals surface area contributed by atoms with E-state index in [0.29, 0.717) is 12.2 Å². The maximum absolute atomic E-state index is 14.0. The van der Waals surface area contributed by atoms with Gasteiger partial charge in [-0.05, 0) is 55.5 Å². The van der Waals surface area contributed by atoms with E-state index in [9.17, 15) is 9.18 Å². The number of thioether (sulfide) groups is 1. The number of nitrogens with zero attached hydrogens (tertiary/aromatic N) is 5. The molecule has 1 aliphatic heterocycles. The second kappa shape index (κ2) is 7.56. The van der Waals surface area contributed by atoms with Gasteiger partial charge in [-0.25, -0.2) is 9.37 Å². The van der Waals surface area contributed by atoms with Gasteiger partial charge in [0.25, 0.3) is 5.91 Å². The van der Waals surface area contributed by atoms with Crippen LogP contribution in [0.25, 0.3) is 16.7 Å². The molecular weight excluding hydrogens is 403 g/mol. The quantitative estimate of drug-likeness (QED) is 0.503. The van der Waals surface area contributed by atoms with Gasteiger partial charge < -0.3 is 9.88 Å². The lowest BCUT2D eigenvalue weighted by atomic mass is 10.1. The molecule has 3 heterocycles. The molecule has 0 radical (unpaired) electrons. The Morgan fingerprint density at radius 2 is 2.03 bits per heavy atom. The number of hydrogen-bond donors (Lipinski definition) is 1. The number of amides is 1. The van der Waals surface area contributed by atoms with Gasteiger partial charge in [-0.15, -0.1) is 11.8 Å². The average Bonchev–Trinajstić information content (AvgIpc) is 3.52. The number of carbonyl (C=O) groups excluding carboxylic acids is 1. The van der Waals surface area contributed by atoms with Crippen LogP contribution < -0.4 is 0 Å². The lowest BCUT2D eigenvalue weighted by molar-refractivity contribution is 0.0729. The highest BCUT2D eigenvalue weighted by molar-refractivity contribution is 7.98. The van der Waals surface area contributed by atoms with Gasteiger partial charge in [-0.2, -0.15) is 15.0 Å². The zero-order valence-electron chi connectivity index (χ0n) is 16.2. The van der Waals surface area contributed by atoms with Crippen molar-refractivity contribution in [3.8, 4) is 5.69 Å². The fraction of sp³-hybridized carbons (Fsp3) is 0.238. The number of fused-ring (bicyclic) bond motifs is 1. The lowest BCUT2D eigenvalue weighted by Gasteiger charge is -2.24. The van der Waals surface area contributed by atoms with Crippen molar-refractivity contribution in [2.24, 2.45) is 0 Å². The van der Waals surface area contributed by atoms with E-state index in [4.69, 9.17) is 4.98 Å². The molecule has 1 atom stereocenters. The average molecular weight is 422 g/mol. The molecule has 4 aromatic rings. The summed E-state index contributed by atoms with van der Waals surface area (Å²) >= 11 is 1.67. The van der Waals surface area contributed by atoms with Crippen molar-refractivity contribution >= 4 is 28.7 Å². The minimum absolute atomic E-state index is 0.190. The smallest absolute Gasteiger partial charge is 0.256 e. The number of imidazole rings is 1. The summed E-state index contributed by atoms with van der Waals surface area (Å²) in [5.74, 6) is 0.0252. The van der Waals surface area contributed by atoms with Crippen molar-refractivity contribution in [1.82, 2.24) is 29.9 Å². The standard InChI is InChI=1S/C21H19FN6OS/c1-30-14-5-6-16-17(12-14)26-20(25-16)19-3-2-10-27(19)21(29)15-11-13(22)4-7-18(15)28-23-8-9-24-28/h4-9,11-12,19H,2-3,10H2,1H3,(H,25,26)/t19-/m0/s1. The predicted octanol–water partition coefficient (Wildman–Crippen LogP) is 3.98. The number of halogens is 1. The first-order valence-electron chi connectivity index (χ1n) is 9.65. The second-order valence-corrected chi connectivity index (χ2v) is 8.02. The summed E-state index contributed by atoms with van der Waals surface area (Å²) in [4.78, 5) is 25.8. The van der Waals surface area contributed by atoms with Gasteiger partial charge in [0.2, 0.25) is 0 Å². The monoisotopic (exact) mass is 422 g/mol. The van der Waals surface area contributed by atoms with E-state index >= 15 is 0 Å². The molecule has 7 nitrogen and oxygen atoms in total. The fourth-order valence-electron chi connectivity index (χ4n) is 3.94. The lowest BCUT2D eigenvalue weighted by Crippen LogP contribution is -2.32. The highest BCUT2D eigenvalue weighted by atomic mass is 32.2. The van der Waals surface area contributed by atoms with E-state index in [1.54, 1.807) is 16.7 Å². The van der Waals surface area contributed by atoms with Crippen LogP contribution in [0, 0.1) is 5.82 Å². The van der Waals surface area contributed by atoms with Gasteiger partial charge >= 0.3 is 0 Å². The summed E-state index contributed by atoms with van der Waals surface area (Å²) in [5.41, 5.74) is 2.50. The molecule has 152 valence electrons. The molecule has 1 amide bonds. The van der Waals surface area contributed by atoms with Crippen LogP contribution in [-0.4, -0.2) is 48.6 Å². The van der Waals surface area contributed by atoms with Crippen molar-refractivity contribution in [1.29, 1.82) is 0 Å². The summed E-state index contributed by atoms with van der Waals surface area (Å²) in [6.07, 6.45) is 6.72. The maximum atomic E-state index is 14.0. The van der Waals surface area contributed by atoms with Crippen molar-refractivity contribution in [2.75, 3.05) is 12.8 Å². The van der Waals surface area contributed by atoms with E-state index in [0.717, 1.165) is 34.6 Å². The Morgan fingerprint density at radius 1 is 1.20 bits per heavy atom. The minimum Gasteiger partial charge on any atom is -0.340 e. The molecule has 5 rings (SSSR count). The van der Waals surface area contributed by atoms with Crippen LogP contribution in [0.1, 0.15) is 35.1 Å². The molecule has 9 heteroatoms. The molecule has 2 aromatic heterocycles. The summed E-state index contributed by atoms with van der Waals surface area (Å²) in [5, 5.41) is 8.20. The van der Waals surface area contributed by atoms with Gasteiger partial charge in [0.05, 0.1) is 40.7 Å². The largest absolute Gasteiger partial charge is 0.340 e. The first-order valence-corrected chi connectivity index (χ1v) is 10.9. The third kappa shape index (κ3) is 3.24. The number of rotatable bonds is 4. The van der Waals surface area contributed by atoms with Crippen molar-refractivity contribution < 1.29 is 9.18 Å². The second-order valence-electron chi connectivity index (χ2n) is 7.14. The SMILES string of the molecule is CSc1ccc2nc([C@@H]3CCCN3C(=O)c3cc(F)ccc3-n3nccn3)[nH]c2c1. The zero-order chi connectivity index (χ0) is 20.7. The van der Waals surface area contributed by atoms with Crippen molar-refractivity contribution in [3.05, 3.63) is 66.0 Å². The van der Waals surface area contributed by atoms with Crippen LogP contribution in [0.3, 0.4) is 0 Å². The van der Waals surface area contributed by atoms with Gasteiger partial charge in [0.15, 0.2) is 0 Å². The van der Waals surface area contributed by atoms with Crippen LogP contribution in [0.15, 0.2) is 53.7 Å². The third-order valence-corrected chi connectivity index (χ3v) is 6.09. The first-order chi connectivity index (χ1) is 14.6. The van der Waals surface area contributed by atoms with Gasteiger partial charge in [0, 0.05) is 11.4 Å². The Labute approximate surface area is 176 Å². The molecule has 0 saturated carbocycles. The molecule has 1 N–H and O–H groups in total. The Balaban J connectivity index is 1.51. The van der Waals surface area contributed by atoms with E-state index in [2.05, 4.69) is 21.2 Å². The number of carbonyl (C=O) groups is 1. The maximum Gasteiger partial charge on any atom is 0.256 e. The molecular formula is C21H19FN6OS. The number of aromatic nitrogens is 5. The van der Waals surface area contributed by atoms with Crippen LogP contribution >= 0.6 is 11.8 Å². The number of hydrogen-bond acceptors (Lipinski definition) is 5. The van der Waals surface area contributed by atoms with Crippen LogP contribution in [0.5, 0.6) is 0 Å². The highest BCUT2D eigenvalue weighted by Gasteiger charge is 2.34. The first kappa shape index (κ1) is 18.8. The number of nitrogens with one attached hydrogen (secondary N) is 1. The molecule has 0 bridgehead atoms. The predicted molar refractivity (Wildman–Crippen MR) is 112 cm³/mol. The number of aromatic amines is 1. The van der Waals surface area contributed by atoms with Gasteiger partial charge in [-0.3, -0.25) is 4.79 Å². The molecule has 1 saturated heterocycles. The molecule has 0 unspecified atom stereocenters. The van der Waals surface area contributed by atoms with E-state index in [1.165, 1.54) is 35.4 Å². The Kier molecular flexibility index (Phi) is 4.74. The summed E-state index contributed by atoms with van der Waals surface area (Å²) in [6, 6.07) is 9.97. The fourth-order valence-corrected chi connectivity index (χ4v) is 4.38. The van der Waals surface area contributed by atoms with Crippen LogP contribution in [-0.2, 0) is 0 Å². The molecule has 0 aliphatic carbocycles. The molecule has 1 fully saturated rings. The van der Waals surface area contributed by atoms with Crippen LogP contribution in [0.2, 0.25) is 0 Å². The van der Waals surface area contributed by atoms with Gasteiger partial charge in [-0.1, -0.05) is 0 Å². The number of H-pyrrole nitrogens is 1. The highest BCUT2D eigenvalue weighted by Crippen LogP contribution is 2.34. The Hall–Kier alpha value is -3.20. The zero-order valence-corrected chi connectivity index (χ0v) is 17.1. The summed E-state index contributed by atoms with van der Waals surface area (Å²) in [6.45, 7) is 0.582. The van der Waals surface area contributed by atoms with E-state index < -0.39 is 5.82 Å².